The molecule has 0 saturated carbocycles. The molecule has 9 nitrogen and oxygen atoms in total. The molecule has 0 amide bonds. The predicted octanol–water partition coefficient (Wildman–Crippen LogP) is 1.88. The molecule has 0 aliphatic carbocycles. The van der Waals surface area contributed by atoms with Crippen molar-refractivity contribution in [3.8, 4) is 11.6 Å². The Bertz CT molecular complexity index is 1040. The zero-order valence-electron chi connectivity index (χ0n) is 18.0. The number of anilines is 2. The molecule has 9 heteroatoms. The van der Waals surface area contributed by atoms with Crippen molar-refractivity contribution >= 4 is 11.6 Å². The van der Waals surface area contributed by atoms with E-state index in [1.165, 1.54) is 0 Å². The van der Waals surface area contributed by atoms with Crippen molar-refractivity contribution in [1.82, 2.24) is 24.6 Å². The summed E-state index contributed by atoms with van der Waals surface area (Å²) in [5.41, 5.74) is 4.85. The van der Waals surface area contributed by atoms with Crippen LogP contribution in [0, 0.1) is 20.8 Å². The molecule has 0 atom stereocenters. The summed E-state index contributed by atoms with van der Waals surface area (Å²) in [7, 11) is 0. The number of ether oxygens (including phenoxy) is 1. The number of benzene rings is 1. The van der Waals surface area contributed by atoms with E-state index in [-0.39, 0.29) is 19.3 Å². The molecule has 2 aromatic heterocycles. The van der Waals surface area contributed by atoms with Crippen molar-refractivity contribution in [1.29, 1.82) is 0 Å². The van der Waals surface area contributed by atoms with Crippen LogP contribution in [-0.2, 0) is 6.54 Å². The van der Waals surface area contributed by atoms with Gasteiger partial charge in [-0.15, -0.1) is 0 Å². The number of aliphatic hydroxyl groups excluding tert-OH is 2. The van der Waals surface area contributed by atoms with Crippen LogP contribution in [0.4, 0.5) is 11.6 Å². The molecule has 1 fully saturated rings. The lowest BCUT2D eigenvalue weighted by Crippen LogP contribution is -2.49. The van der Waals surface area contributed by atoms with Gasteiger partial charge in [-0.25, -0.2) is 9.67 Å². The van der Waals surface area contributed by atoms with Gasteiger partial charge in [0.1, 0.15) is 12.4 Å². The first kappa shape index (κ1) is 21.2. The maximum absolute atomic E-state index is 9.48. The van der Waals surface area contributed by atoms with Crippen LogP contribution in [-0.4, -0.2) is 67.3 Å². The lowest BCUT2D eigenvalue weighted by molar-refractivity contribution is -0.00297. The number of likely N-dealkylation sites (tertiary alicyclic amines) is 1. The summed E-state index contributed by atoms with van der Waals surface area (Å²) >= 11 is 0. The highest BCUT2D eigenvalue weighted by molar-refractivity contribution is 5.60. The molecule has 0 unspecified atom stereocenters. The van der Waals surface area contributed by atoms with Crippen LogP contribution in [0.25, 0.3) is 5.82 Å². The molecule has 0 spiro atoms. The van der Waals surface area contributed by atoms with E-state index in [0.29, 0.717) is 24.9 Å². The summed E-state index contributed by atoms with van der Waals surface area (Å²) in [6.45, 7) is 8.33. The maximum Gasteiger partial charge on any atom is 0.229 e. The van der Waals surface area contributed by atoms with Gasteiger partial charge in [0, 0.05) is 49.3 Å². The van der Waals surface area contributed by atoms with E-state index >= 15 is 0 Å². The molecular formula is C22H28N6O3. The molecule has 1 saturated heterocycles. The summed E-state index contributed by atoms with van der Waals surface area (Å²) in [6.07, 6.45) is 3.47. The van der Waals surface area contributed by atoms with Crippen LogP contribution in [0.5, 0.6) is 5.75 Å². The zero-order chi connectivity index (χ0) is 22.0. The fourth-order valence-electron chi connectivity index (χ4n) is 3.74. The average molecular weight is 425 g/mol. The first-order valence-corrected chi connectivity index (χ1v) is 10.3. The van der Waals surface area contributed by atoms with Gasteiger partial charge in [0.05, 0.1) is 18.4 Å². The van der Waals surface area contributed by atoms with Crippen LogP contribution in [0.3, 0.4) is 0 Å². The van der Waals surface area contributed by atoms with Gasteiger partial charge >= 0.3 is 0 Å². The number of aryl methyl sites for hydroxylation is 3. The lowest BCUT2D eigenvalue weighted by Gasteiger charge is -2.35. The fourth-order valence-corrected chi connectivity index (χ4v) is 3.74. The van der Waals surface area contributed by atoms with Gasteiger partial charge in [0.15, 0.2) is 5.82 Å². The summed E-state index contributed by atoms with van der Waals surface area (Å²) < 4.78 is 7.38. The number of hydrogen-bond acceptors (Lipinski definition) is 8. The maximum atomic E-state index is 9.48. The normalized spacial score (nSPS) is 14.5. The van der Waals surface area contributed by atoms with E-state index in [0.717, 1.165) is 40.4 Å². The molecule has 1 aliphatic rings. The predicted molar refractivity (Wildman–Crippen MR) is 117 cm³/mol. The van der Waals surface area contributed by atoms with E-state index in [9.17, 15) is 5.11 Å². The highest BCUT2D eigenvalue weighted by atomic mass is 16.5. The molecule has 3 N–H and O–H groups in total. The van der Waals surface area contributed by atoms with Crippen molar-refractivity contribution < 1.29 is 14.9 Å². The lowest BCUT2D eigenvalue weighted by atomic mass is 10.1. The molecule has 0 radical (unpaired) electrons. The SMILES string of the molecule is Cc1cc(Nc2nccc(-n3cc(CN4CC(O)C4)c(C)n3)n2)cc(C)c1OCCO. The molecule has 3 heterocycles. The van der Waals surface area contributed by atoms with Crippen molar-refractivity contribution in [2.45, 2.75) is 33.4 Å². The minimum absolute atomic E-state index is 0.0197. The van der Waals surface area contributed by atoms with E-state index in [4.69, 9.17) is 9.84 Å². The Morgan fingerprint density at radius 1 is 1.19 bits per heavy atom. The van der Waals surface area contributed by atoms with Crippen molar-refractivity contribution in [2.75, 3.05) is 31.6 Å². The Kier molecular flexibility index (Phi) is 6.17. The van der Waals surface area contributed by atoms with Crippen molar-refractivity contribution in [3.05, 3.63) is 53.0 Å². The fraction of sp³-hybridized carbons (Fsp3) is 0.409. The Morgan fingerprint density at radius 3 is 2.61 bits per heavy atom. The van der Waals surface area contributed by atoms with Gasteiger partial charge < -0.3 is 20.3 Å². The zero-order valence-corrected chi connectivity index (χ0v) is 18.0. The summed E-state index contributed by atoms with van der Waals surface area (Å²) in [5, 5.41) is 26.3. The molecule has 3 aromatic rings. The van der Waals surface area contributed by atoms with E-state index < -0.39 is 0 Å². The van der Waals surface area contributed by atoms with Gasteiger partial charge in [0.25, 0.3) is 0 Å². The molecule has 4 rings (SSSR count). The van der Waals surface area contributed by atoms with Gasteiger partial charge in [-0.3, -0.25) is 4.90 Å². The monoisotopic (exact) mass is 424 g/mol. The third-order valence-corrected chi connectivity index (χ3v) is 5.26. The standard InChI is InChI=1S/C22H28N6O3/c1-14-8-18(9-15(2)21(14)31-7-6-29)24-22-23-5-4-20(25-22)28-11-17(16(3)26-28)10-27-12-19(30)13-27/h4-5,8-9,11,19,29-30H,6-7,10,12-13H2,1-3H3,(H,23,24,25). The van der Waals surface area contributed by atoms with E-state index in [1.807, 2.05) is 45.2 Å². The number of rotatable bonds is 8. The number of aromatic nitrogens is 4. The first-order valence-electron chi connectivity index (χ1n) is 10.3. The third-order valence-electron chi connectivity index (χ3n) is 5.26. The number of nitrogens with one attached hydrogen (secondary N) is 1. The minimum Gasteiger partial charge on any atom is -0.491 e. The molecule has 31 heavy (non-hydrogen) atoms. The van der Waals surface area contributed by atoms with Crippen molar-refractivity contribution in [3.63, 3.8) is 0 Å². The van der Waals surface area contributed by atoms with Gasteiger partial charge in [-0.05, 0) is 44.0 Å². The molecule has 1 aliphatic heterocycles. The van der Waals surface area contributed by atoms with Crippen LogP contribution >= 0.6 is 0 Å². The van der Waals surface area contributed by atoms with Crippen LogP contribution < -0.4 is 10.1 Å². The second kappa shape index (κ2) is 9.01. The Morgan fingerprint density at radius 2 is 1.94 bits per heavy atom. The van der Waals surface area contributed by atoms with E-state index in [1.54, 1.807) is 10.9 Å². The van der Waals surface area contributed by atoms with Gasteiger partial charge in [-0.2, -0.15) is 10.1 Å². The van der Waals surface area contributed by atoms with Crippen LogP contribution in [0.2, 0.25) is 0 Å². The molecular weight excluding hydrogens is 396 g/mol. The number of aliphatic hydroxyl groups is 2. The van der Waals surface area contributed by atoms with Crippen LogP contribution in [0.1, 0.15) is 22.4 Å². The minimum atomic E-state index is -0.214. The highest BCUT2D eigenvalue weighted by Crippen LogP contribution is 2.28. The smallest absolute Gasteiger partial charge is 0.229 e. The molecule has 164 valence electrons. The summed E-state index contributed by atoms with van der Waals surface area (Å²) in [5.74, 6) is 1.93. The highest BCUT2D eigenvalue weighted by Gasteiger charge is 2.25. The molecule has 1 aromatic carbocycles. The summed E-state index contributed by atoms with van der Waals surface area (Å²) in [4.78, 5) is 11.1. The summed E-state index contributed by atoms with van der Waals surface area (Å²) in [6, 6.07) is 5.75. The topological polar surface area (TPSA) is 109 Å². The Labute approximate surface area is 181 Å². The largest absolute Gasteiger partial charge is 0.491 e. The Hall–Kier alpha value is -3.01. The average Bonchev–Trinajstić information content (AvgIpc) is 3.07. The van der Waals surface area contributed by atoms with Crippen molar-refractivity contribution in [2.24, 2.45) is 0 Å². The Balaban J connectivity index is 1.50. The molecule has 0 bridgehead atoms. The third kappa shape index (κ3) is 4.84. The number of β-amino-alcohol motifs (C(OH)–C–C–N with tert-alkyl or cyclic N) is 1. The second-order valence-electron chi connectivity index (χ2n) is 7.91. The number of hydrogen-bond donors (Lipinski definition) is 3. The number of nitrogens with zero attached hydrogens (tertiary/aromatic N) is 5. The first-order chi connectivity index (χ1) is 14.9. The van der Waals surface area contributed by atoms with Crippen LogP contribution in [0.15, 0.2) is 30.6 Å². The quantitative estimate of drug-likeness (QED) is 0.503. The van der Waals surface area contributed by atoms with E-state index in [2.05, 4.69) is 25.3 Å². The second-order valence-corrected chi connectivity index (χ2v) is 7.91. The van der Waals surface area contributed by atoms with Gasteiger partial charge in [0.2, 0.25) is 5.95 Å². The van der Waals surface area contributed by atoms with Gasteiger partial charge in [-0.1, -0.05) is 0 Å².